The third kappa shape index (κ3) is 5.08. The Bertz CT molecular complexity index is 1510. The Morgan fingerprint density at radius 3 is 2.72 bits per heavy atom. The van der Waals surface area contributed by atoms with Crippen molar-refractivity contribution in [2.24, 2.45) is 0 Å². The van der Waals surface area contributed by atoms with Gasteiger partial charge in [0.1, 0.15) is 0 Å². The lowest BCUT2D eigenvalue weighted by Crippen LogP contribution is -2.32. The predicted molar refractivity (Wildman–Crippen MR) is 140 cm³/mol. The number of aromatic nitrogens is 7. The van der Waals surface area contributed by atoms with Gasteiger partial charge < -0.3 is 5.32 Å². The van der Waals surface area contributed by atoms with Crippen LogP contribution in [0, 0.1) is 13.8 Å². The van der Waals surface area contributed by atoms with Crippen molar-refractivity contribution in [3.63, 3.8) is 0 Å². The summed E-state index contributed by atoms with van der Waals surface area (Å²) in [7, 11) is 0. The SMILES string of the molecule is CC[C@@H](Sc1nc2ccccc2c2nc(CCn3nc(C)cc3C)nn12)C(=O)NCc1cccnc1. The Labute approximate surface area is 213 Å². The molecule has 10 heteroatoms. The number of carbonyl (C=O) groups is 1. The summed E-state index contributed by atoms with van der Waals surface area (Å²) in [4.78, 5) is 26.8. The molecule has 4 heterocycles. The van der Waals surface area contributed by atoms with Gasteiger partial charge in [0, 0.05) is 43.0 Å². The van der Waals surface area contributed by atoms with E-state index in [0.29, 0.717) is 31.1 Å². The van der Waals surface area contributed by atoms with Gasteiger partial charge in [-0.1, -0.05) is 36.9 Å². The second-order valence-corrected chi connectivity index (χ2v) is 9.84. The largest absolute Gasteiger partial charge is 0.351 e. The lowest BCUT2D eigenvalue weighted by Gasteiger charge is -2.15. The number of para-hydroxylation sites is 1. The van der Waals surface area contributed by atoms with Crippen LogP contribution < -0.4 is 5.32 Å². The highest BCUT2D eigenvalue weighted by molar-refractivity contribution is 8.00. The van der Waals surface area contributed by atoms with E-state index >= 15 is 0 Å². The standard InChI is InChI=1S/C26H28N8OS/c1-4-22(25(35)28-16-19-8-7-12-27-15-19)36-26-29-21-10-6-5-9-20(21)24-30-23(32-34(24)26)11-13-33-18(3)14-17(2)31-33/h5-10,12,14-15,22H,4,11,13,16H2,1-3H3,(H,28,35)/t22-/m1/s1. The van der Waals surface area contributed by atoms with E-state index in [9.17, 15) is 4.79 Å². The minimum Gasteiger partial charge on any atom is -0.351 e. The average Bonchev–Trinajstić information content (AvgIpc) is 3.47. The van der Waals surface area contributed by atoms with Gasteiger partial charge in [-0.15, -0.1) is 5.10 Å². The number of benzene rings is 1. The van der Waals surface area contributed by atoms with Crippen molar-refractivity contribution in [2.75, 3.05) is 0 Å². The molecule has 0 radical (unpaired) electrons. The number of carbonyl (C=O) groups excluding carboxylic acids is 1. The van der Waals surface area contributed by atoms with Crippen molar-refractivity contribution in [3.05, 3.63) is 77.6 Å². The van der Waals surface area contributed by atoms with E-state index < -0.39 is 0 Å². The minimum atomic E-state index is -0.319. The fourth-order valence-corrected chi connectivity index (χ4v) is 5.11. The normalized spacial score (nSPS) is 12.3. The molecule has 0 unspecified atom stereocenters. The first-order valence-electron chi connectivity index (χ1n) is 12.0. The lowest BCUT2D eigenvalue weighted by molar-refractivity contribution is -0.120. The van der Waals surface area contributed by atoms with Crippen LogP contribution in [0.5, 0.6) is 0 Å². The van der Waals surface area contributed by atoms with Crippen molar-refractivity contribution in [3.8, 4) is 0 Å². The number of aryl methyl sites for hydroxylation is 4. The molecule has 1 amide bonds. The smallest absolute Gasteiger partial charge is 0.233 e. The Balaban J connectivity index is 1.41. The second-order valence-electron chi connectivity index (χ2n) is 8.67. The molecule has 1 aromatic carbocycles. The fraction of sp³-hybridized carbons (Fsp3) is 0.308. The van der Waals surface area contributed by atoms with Crippen LogP contribution in [-0.4, -0.2) is 45.5 Å². The van der Waals surface area contributed by atoms with Crippen molar-refractivity contribution in [1.29, 1.82) is 0 Å². The van der Waals surface area contributed by atoms with Crippen LogP contribution in [0.4, 0.5) is 0 Å². The highest BCUT2D eigenvalue weighted by Gasteiger charge is 2.22. The maximum atomic E-state index is 13.0. The molecule has 36 heavy (non-hydrogen) atoms. The number of rotatable bonds is 9. The number of nitrogens with one attached hydrogen (secondary N) is 1. The molecular weight excluding hydrogens is 472 g/mol. The monoisotopic (exact) mass is 500 g/mol. The topological polar surface area (TPSA) is 103 Å². The van der Waals surface area contributed by atoms with E-state index in [1.54, 1.807) is 16.9 Å². The van der Waals surface area contributed by atoms with E-state index in [1.807, 2.05) is 61.9 Å². The zero-order chi connectivity index (χ0) is 25.1. The Morgan fingerprint density at radius 1 is 1.11 bits per heavy atom. The minimum absolute atomic E-state index is 0.0423. The number of hydrogen-bond acceptors (Lipinski definition) is 7. The number of hydrogen-bond donors (Lipinski definition) is 1. The summed E-state index contributed by atoms with van der Waals surface area (Å²) in [6.45, 7) is 7.17. The molecule has 1 atom stereocenters. The molecule has 0 spiro atoms. The fourth-order valence-electron chi connectivity index (χ4n) is 4.12. The van der Waals surface area contributed by atoms with Gasteiger partial charge >= 0.3 is 0 Å². The first kappa shape index (κ1) is 23.9. The zero-order valence-corrected chi connectivity index (χ0v) is 21.4. The number of nitrogens with zero attached hydrogens (tertiary/aromatic N) is 7. The van der Waals surface area contributed by atoms with Gasteiger partial charge in [-0.3, -0.25) is 14.5 Å². The van der Waals surface area contributed by atoms with Gasteiger partial charge in [-0.25, -0.2) is 9.97 Å². The van der Waals surface area contributed by atoms with Crippen molar-refractivity contribution in [1.82, 2.24) is 39.7 Å². The molecule has 0 aliphatic heterocycles. The maximum Gasteiger partial charge on any atom is 0.233 e. The first-order chi connectivity index (χ1) is 17.5. The molecule has 0 fully saturated rings. The van der Waals surface area contributed by atoms with E-state index in [0.717, 1.165) is 39.3 Å². The third-order valence-electron chi connectivity index (χ3n) is 5.94. The molecule has 0 saturated carbocycles. The van der Waals surface area contributed by atoms with Gasteiger partial charge in [-0.2, -0.15) is 9.61 Å². The Morgan fingerprint density at radius 2 is 1.97 bits per heavy atom. The summed E-state index contributed by atoms with van der Waals surface area (Å²) in [6.07, 6.45) is 4.77. The molecular formula is C26H28N8OS. The van der Waals surface area contributed by atoms with Gasteiger partial charge in [0.25, 0.3) is 0 Å². The summed E-state index contributed by atoms with van der Waals surface area (Å²) in [5.74, 6) is 0.677. The van der Waals surface area contributed by atoms with Gasteiger partial charge in [0.2, 0.25) is 5.91 Å². The Kier molecular flexibility index (Phi) is 6.95. The van der Waals surface area contributed by atoms with Gasteiger partial charge in [-0.05, 0) is 50.1 Å². The quantitative estimate of drug-likeness (QED) is 0.242. The van der Waals surface area contributed by atoms with Crippen LogP contribution in [-0.2, 0) is 24.3 Å². The molecule has 0 bridgehead atoms. The molecule has 9 nitrogen and oxygen atoms in total. The summed E-state index contributed by atoms with van der Waals surface area (Å²) in [6, 6.07) is 13.8. The van der Waals surface area contributed by atoms with Crippen LogP contribution in [0.2, 0.25) is 0 Å². The molecule has 184 valence electrons. The number of amides is 1. The van der Waals surface area contributed by atoms with Crippen LogP contribution in [0.1, 0.15) is 36.1 Å². The lowest BCUT2D eigenvalue weighted by atomic mass is 10.2. The van der Waals surface area contributed by atoms with Crippen LogP contribution in [0.3, 0.4) is 0 Å². The van der Waals surface area contributed by atoms with E-state index in [4.69, 9.17) is 15.1 Å². The average molecular weight is 501 g/mol. The van der Waals surface area contributed by atoms with Gasteiger partial charge in [0.05, 0.1) is 16.5 Å². The third-order valence-corrected chi connectivity index (χ3v) is 7.25. The number of pyridine rings is 1. The number of thioether (sulfide) groups is 1. The molecule has 4 aromatic heterocycles. The maximum absolute atomic E-state index is 13.0. The summed E-state index contributed by atoms with van der Waals surface area (Å²) < 4.78 is 3.76. The van der Waals surface area contributed by atoms with Crippen molar-refractivity contribution >= 4 is 34.2 Å². The van der Waals surface area contributed by atoms with Crippen molar-refractivity contribution < 1.29 is 4.79 Å². The van der Waals surface area contributed by atoms with Crippen molar-refractivity contribution in [2.45, 2.75) is 57.1 Å². The highest BCUT2D eigenvalue weighted by atomic mass is 32.2. The molecule has 1 N–H and O–H groups in total. The predicted octanol–water partition coefficient (Wildman–Crippen LogP) is 3.92. The van der Waals surface area contributed by atoms with Crippen LogP contribution in [0.15, 0.2) is 60.0 Å². The van der Waals surface area contributed by atoms with E-state index in [1.165, 1.54) is 11.8 Å². The summed E-state index contributed by atoms with van der Waals surface area (Å²) in [5, 5.41) is 13.6. The molecule has 5 aromatic rings. The number of fused-ring (bicyclic) bond motifs is 3. The first-order valence-corrected chi connectivity index (χ1v) is 12.9. The molecule has 0 aliphatic carbocycles. The van der Waals surface area contributed by atoms with Crippen LogP contribution in [0.25, 0.3) is 16.6 Å². The highest BCUT2D eigenvalue weighted by Crippen LogP contribution is 2.28. The molecule has 5 rings (SSSR count). The summed E-state index contributed by atoms with van der Waals surface area (Å²) in [5.41, 5.74) is 4.65. The van der Waals surface area contributed by atoms with Crippen LogP contribution >= 0.6 is 11.8 Å². The second kappa shape index (κ2) is 10.4. The molecule has 0 aliphatic rings. The summed E-state index contributed by atoms with van der Waals surface area (Å²) >= 11 is 1.41. The van der Waals surface area contributed by atoms with E-state index in [2.05, 4.69) is 21.5 Å². The zero-order valence-electron chi connectivity index (χ0n) is 20.5. The molecule has 0 saturated heterocycles. The Hall–Kier alpha value is -3.79. The van der Waals surface area contributed by atoms with Gasteiger partial charge in [0.15, 0.2) is 16.6 Å². The van der Waals surface area contributed by atoms with E-state index in [-0.39, 0.29) is 11.2 Å².